The fourth-order valence-electron chi connectivity index (χ4n) is 10.0. The van der Waals surface area contributed by atoms with Crippen LogP contribution in [0.2, 0.25) is 0 Å². The number of thiophene rings is 1. The van der Waals surface area contributed by atoms with Crippen LogP contribution in [0.1, 0.15) is 81.0 Å². The predicted octanol–water partition coefficient (Wildman–Crippen LogP) is 5.45. The Morgan fingerprint density at radius 2 is 1.70 bits per heavy atom. The van der Waals surface area contributed by atoms with Crippen LogP contribution in [0.5, 0.6) is 11.6 Å². The molecular formula is C48H60FN9O7S. The summed E-state index contributed by atoms with van der Waals surface area (Å²) in [6.45, 7) is 5.92. The molecule has 2 N–H and O–H groups in total. The number of likely N-dealkylation sites (tertiary alicyclic amines) is 2. The molecule has 4 aliphatic rings. The first kappa shape index (κ1) is 45.6. The number of pyridine rings is 1. The van der Waals surface area contributed by atoms with Crippen LogP contribution >= 0.6 is 11.3 Å². The van der Waals surface area contributed by atoms with Crippen molar-refractivity contribution in [3.05, 3.63) is 71.3 Å². The first-order valence-electron chi connectivity index (χ1n) is 23.6. The number of hydrogen-bond donors (Lipinski definition) is 2. The van der Waals surface area contributed by atoms with Crippen LogP contribution in [0.15, 0.2) is 58.6 Å². The number of nitrogens with one attached hydrogen (secondary N) is 2. The number of ether oxygens (including phenoxy) is 2. The zero-order valence-corrected chi connectivity index (χ0v) is 38.6. The van der Waals surface area contributed by atoms with Gasteiger partial charge in [0, 0.05) is 69.0 Å². The Morgan fingerprint density at radius 3 is 2.48 bits per heavy atom. The van der Waals surface area contributed by atoms with E-state index in [-0.39, 0.29) is 73.6 Å². The lowest BCUT2D eigenvalue weighted by molar-refractivity contribution is -0.140. The monoisotopic (exact) mass is 925 g/mol. The number of fused-ring (bicyclic) bond motifs is 2. The molecule has 0 spiro atoms. The van der Waals surface area contributed by atoms with E-state index < -0.39 is 17.9 Å². The van der Waals surface area contributed by atoms with Crippen molar-refractivity contribution in [3.63, 3.8) is 0 Å². The summed E-state index contributed by atoms with van der Waals surface area (Å²) in [6, 6.07) is 10.5. The van der Waals surface area contributed by atoms with Crippen molar-refractivity contribution in [1.29, 1.82) is 0 Å². The van der Waals surface area contributed by atoms with Gasteiger partial charge in [0.15, 0.2) is 5.76 Å². The molecule has 7 heterocycles. The van der Waals surface area contributed by atoms with E-state index in [1.807, 2.05) is 23.6 Å². The fraction of sp³-hybridized carbons (Fsp3) is 0.542. The second kappa shape index (κ2) is 20.5. The lowest BCUT2D eigenvalue weighted by atomic mass is 9.83. The lowest BCUT2D eigenvalue weighted by Crippen LogP contribution is -2.59. The molecule has 4 amide bonds. The fourth-order valence-corrected chi connectivity index (χ4v) is 10.9. The first-order valence-corrected chi connectivity index (χ1v) is 24.4. The SMILES string of the molecule is CN[C@@H](C)C(=O)N[C@H](C(=O)N1CCN(C(=O)c2cc3cc(F)ccc3n2CC(=O)N2CCC[C@H]2COc2cc(CN3CCC(Oc4ccnc5ccsc45)CC3)on2)CC1)C1CCCCC1. The number of carbonyl (C=O) groups excluding carboxylic acids is 4. The zero-order chi connectivity index (χ0) is 45.7. The molecule has 3 saturated heterocycles. The van der Waals surface area contributed by atoms with E-state index in [9.17, 15) is 23.6 Å². The van der Waals surface area contributed by atoms with E-state index in [1.54, 1.807) is 62.9 Å². The van der Waals surface area contributed by atoms with E-state index in [2.05, 4.69) is 25.7 Å². The molecule has 66 heavy (non-hydrogen) atoms. The van der Waals surface area contributed by atoms with Crippen LogP contribution in [0, 0.1) is 11.7 Å². The highest BCUT2D eigenvalue weighted by molar-refractivity contribution is 7.17. The van der Waals surface area contributed by atoms with E-state index >= 15 is 0 Å². The zero-order valence-electron chi connectivity index (χ0n) is 37.8. The van der Waals surface area contributed by atoms with Gasteiger partial charge in [-0.15, -0.1) is 11.3 Å². The molecule has 16 nitrogen and oxygen atoms in total. The largest absolute Gasteiger partial charge is 0.489 e. The van der Waals surface area contributed by atoms with Crippen molar-refractivity contribution >= 4 is 56.1 Å². The van der Waals surface area contributed by atoms with Gasteiger partial charge in [0.05, 0.1) is 28.8 Å². The topological polar surface area (TPSA) is 168 Å². The number of piperazine rings is 1. The number of nitrogens with zero attached hydrogens (tertiary/aromatic N) is 7. The van der Waals surface area contributed by atoms with Crippen LogP contribution in [-0.4, -0.2) is 142 Å². The summed E-state index contributed by atoms with van der Waals surface area (Å²) in [6.07, 6.45) is 10.2. The third kappa shape index (κ3) is 10.2. The molecular weight excluding hydrogens is 866 g/mol. The molecule has 0 radical (unpaired) electrons. The molecule has 0 unspecified atom stereocenters. The van der Waals surface area contributed by atoms with E-state index in [1.165, 1.54) is 12.1 Å². The summed E-state index contributed by atoms with van der Waals surface area (Å²) in [5, 5.41) is 12.7. The van der Waals surface area contributed by atoms with Gasteiger partial charge in [0.25, 0.3) is 11.8 Å². The van der Waals surface area contributed by atoms with Gasteiger partial charge in [-0.3, -0.25) is 29.1 Å². The number of piperidine rings is 1. The number of amides is 4. The maximum absolute atomic E-state index is 14.5. The summed E-state index contributed by atoms with van der Waals surface area (Å²) in [5.74, 6) is 0.785. The van der Waals surface area contributed by atoms with Crippen LogP contribution in [0.25, 0.3) is 21.1 Å². The first-order chi connectivity index (χ1) is 32.1. The molecule has 4 fully saturated rings. The summed E-state index contributed by atoms with van der Waals surface area (Å²) in [4.78, 5) is 67.5. The quantitative estimate of drug-likeness (QED) is 0.137. The molecule has 352 valence electrons. The number of carbonyl (C=O) groups is 4. The van der Waals surface area contributed by atoms with Gasteiger partial charge in [0.1, 0.15) is 42.6 Å². The van der Waals surface area contributed by atoms with Gasteiger partial charge in [-0.1, -0.05) is 19.3 Å². The van der Waals surface area contributed by atoms with Gasteiger partial charge in [-0.05, 0) is 105 Å². The summed E-state index contributed by atoms with van der Waals surface area (Å²) in [5.41, 5.74) is 1.82. The molecule has 1 aliphatic carbocycles. The normalized spacial score (nSPS) is 19.9. The predicted molar refractivity (Wildman–Crippen MR) is 247 cm³/mol. The highest BCUT2D eigenvalue weighted by Crippen LogP contribution is 2.32. The minimum absolute atomic E-state index is 0.0625. The average Bonchev–Trinajstić information content (AvgIpc) is 4.18. The Hall–Kier alpha value is -5.59. The number of benzene rings is 1. The van der Waals surface area contributed by atoms with E-state index in [0.29, 0.717) is 48.7 Å². The Labute approximate surface area is 387 Å². The number of likely N-dealkylation sites (N-methyl/N-ethyl adjacent to an activating group) is 1. The van der Waals surface area contributed by atoms with Gasteiger partial charge in [-0.25, -0.2) is 4.39 Å². The van der Waals surface area contributed by atoms with Crippen LogP contribution in [-0.2, 0) is 27.5 Å². The second-order valence-electron chi connectivity index (χ2n) is 18.2. The Kier molecular flexibility index (Phi) is 14.2. The minimum atomic E-state index is -0.621. The van der Waals surface area contributed by atoms with E-state index in [4.69, 9.17) is 14.0 Å². The van der Waals surface area contributed by atoms with Crippen molar-refractivity contribution < 1.29 is 37.6 Å². The van der Waals surface area contributed by atoms with Gasteiger partial charge in [-0.2, -0.15) is 0 Å². The van der Waals surface area contributed by atoms with Crippen LogP contribution in [0.4, 0.5) is 4.39 Å². The van der Waals surface area contributed by atoms with Crippen LogP contribution < -0.4 is 20.1 Å². The molecule has 4 aromatic heterocycles. The summed E-state index contributed by atoms with van der Waals surface area (Å²) >= 11 is 1.64. The average molecular weight is 926 g/mol. The van der Waals surface area contributed by atoms with Crippen molar-refractivity contribution in [2.75, 3.05) is 59.5 Å². The molecule has 9 rings (SSSR count). The molecule has 5 aromatic rings. The van der Waals surface area contributed by atoms with E-state index in [0.717, 1.165) is 86.8 Å². The Morgan fingerprint density at radius 1 is 0.909 bits per heavy atom. The number of rotatable bonds is 15. The van der Waals surface area contributed by atoms with Crippen molar-refractivity contribution in [2.45, 2.75) is 102 Å². The van der Waals surface area contributed by atoms with Crippen molar-refractivity contribution in [3.8, 4) is 11.6 Å². The third-order valence-electron chi connectivity index (χ3n) is 13.9. The van der Waals surface area contributed by atoms with Crippen molar-refractivity contribution in [2.24, 2.45) is 5.92 Å². The highest BCUT2D eigenvalue weighted by Gasteiger charge is 2.37. The van der Waals surface area contributed by atoms with Gasteiger partial charge >= 0.3 is 0 Å². The molecule has 3 aliphatic heterocycles. The van der Waals surface area contributed by atoms with Gasteiger partial charge in [0.2, 0.25) is 17.7 Å². The number of hydrogen-bond acceptors (Lipinski definition) is 12. The number of halogens is 1. The summed E-state index contributed by atoms with van der Waals surface area (Å²) < 4.78 is 35.5. The molecule has 0 bridgehead atoms. The smallest absolute Gasteiger partial charge is 0.270 e. The van der Waals surface area contributed by atoms with Gasteiger partial charge < -0.3 is 43.9 Å². The maximum atomic E-state index is 14.5. The molecule has 1 aromatic carbocycles. The summed E-state index contributed by atoms with van der Waals surface area (Å²) in [7, 11) is 1.72. The molecule has 1 saturated carbocycles. The number of aromatic nitrogens is 3. The molecule has 3 atom stereocenters. The Bertz CT molecular complexity index is 2500. The maximum Gasteiger partial charge on any atom is 0.270 e. The Balaban J connectivity index is 0.791. The van der Waals surface area contributed by atoms with Crippen molar-refractivity contribution in [1.82, 2.24) is 44.9 Å². The second-order valence-corrected chi connectivity index (χ2v) is 19.1. The minimum Gasteiger partial charge on any atom is -0.489 e. The third-order valence-corrected chi connectivity index (χ3v) is 14.9. The highest BCUT2D eigenvalue weighted by atomic mass is 32.1. The van der Waals surface area contributed by atoms with Crippen LogP contribution in [0.3, 0.4) is 0 Å². The standard InChI is InChI=1S/C48H60FN9O7S/c1-31(50-2)46(60)52-44(32-7-4-3-5-8-32)48(62)56-22-20-55(21-23-56)47(61)40-26-33-25-34(49)10-11-39(33)58(40)29-43(59)57-17-6-9-35(57)30-63-42-27-37(65-53-42)28-54-18-13-36(14-19-54)64-41-12-16-51-38-15-24-66-45(38)41/h10-12,15-16,24-27,31-32,35-36,44,50H,3-9,13-14,17-23,28-30H2,1-2H3,(H,52,60)/t31-,35-,44-/m0/s1. The molecule has 18 heteroatoms. The lowest BCUT2D eigenvalue weighted by Gasteiger charge is -2.39.